The van der Waals surface area contributed by atoms with Gasteiger partial charge in [0.05, 0.1) is 29.5 Å². The lowest BCUT2D eigenvalue weighted by atomic mass is 9.95. The van der Waals surface area contributed by atoms with Gasteiger partial charge >= 0.3 is 11.7 Å². The molecule has 1 heterocycles. The van der Waals surface area contributed by atoms with Crippen molar-refractivity contribution in [1.29, 1.82) is 0 Å². The van der Waals surface area contributed by atoms with Gasteiger partial charge in [0.1, 0.15) is 12.4 Å². The summed E-state index contributed by atoms with van der Waals surface area (Å²) >= 11 is 0. The molecule has 0 aliphatic heterocycles. The largest absolute Gasteiger partial charge is 0.465 e. The standard InChI is InChI=1S/C26H37FN4O6S/c1-3-37-24(32)17-29(38(2,35)36)13-14-30-25(33)20-15-21(27)22(28-18-9-5-4-6-10-18)16-23(20)31(26(30)34)19-11-7-8-12-19/h15-16,18-19,28H,3-14,17H2,1-2H3. The van der Waals surface area contributed by atoms with E-state index in [1.54, 1.807) is 17.6 Å². The molecule has 4 rings (SSSR count). The van der Waals surface area contributed by atoms with Gasteiger partial charge in [0.25, 0.3) is 5.56 Å². The molecule has 2 saturated carbocycles. The molecular formula is C26H37FN4O6S. The summed E-state index contributed by atoms with van der Waals surface area (Å²) in [6.45, 7) is 0.605. The number of esters is 1. The second-order valence-corrected chi connectivity index (χ2v) is 12.3. The van der Waals surface area contributed by atoms with Crippen molar-refractivity contribution in [2.24, 2.45) is 0 Å². The third-order valence-corrected chi connectivity index (χ3v) is 8.81. The topological polar surface area (TPSA) is 120 Å². The number of ether oxygens (including phenoxy) is 1. The van der Waals surface area contributed by atoms with Gasteiger partial charge in [-0.3, -0.25) is 18.7 Å². The molecule has 10 nitrogen and oxygen atoms in total. The Morgan fingerprint density at radius 3 is 2.39 bits per heavy atom. The van der Waals surface area contributed by atoms with Crippen LogP contribution in [0.25, 0.3) is 10.9 Å². The number of nitrogens with one attached hydrogen (secondary N) is 1. The zero-order chi connectivity index (χ0) is 27.4. The highest BCUT2D eigenvalue weighted by Crippen LogP contribution is 2.32. The van der Waals surface area contributed by atoms with Gasteiger partial charge in [-0.05, 0) is 44.7 Å². The number of carbonyl (C=O) groups is 1. The number of hydrogen-bond donors (Lipinski definition) is 1. The van der Waals surface area contributed by atoms with Crippen molar-refractivity contribution in [2.45, 2.75) is 83.3 Å². The van der Waals surface area contributed by atoms with Crippen LogP contribution in [0.2, 0.25) is 0 Å². The SMILES string of the molecule is CCOC(=O)CN(CCn1c(=O)c2cc(F)c(NC3CCCCC3)cc2n(C2CCCC2)c1=O)S(C)(=O)=O. The quantitative estimate of drug-likeness (QED) is 0.450. The summed E-state index contributed by atoms with van der Waals surface area (Å²) in [7, 11) is -3.83. The zero-order valence-electron chi connectivity index (χ0n) is 22.1. The van der Waals surface area contributed by atoms with Crippen LogP contribution in [0.5, 0.6) is 0 Å². The van der Waals surface area contributed by atoms with E-state index in [2.05, 4.69) is 5.32 Å². The number of halogens is 1. The first-order valence-electron chi connectivity index (χ1n) is 13.5. The van der Waals surface area contributed by atoms with E-state index >= 15 is 4.39 Å². The molecule has 0 spiro atoms. The Bertz CT molecular complexity index is 1390. The van der Waals surface area contributed by atoms with Crippen LogP contribution in [-0.4, -0.2) is 59.8 Å². The fraction of sp³-hybridized carbons (Fsp3) is 0.654. The molecule has 12 heteroatoms. The van der Waals surface area contributed by atoms with Gasteiger partial charge < -0.3 is 10.1 Å². The Morgan fingerprint density at radius 2 is 1.76 bits per heavy atom. The molecule has 0 unspecified atom stereocenters. The summed E-state index contributed by atoms with van der Waals surface area (Å²) in [6, 6.07) is 2.75. The van der Waals surface area contributed by atoms with Crippen LogP contribution < -0.4 is 16.6 Å². The average molecular weight is 553 g/mol. The molecule has 210 valence electrons. The van der Waals surface area contributed by atoms with Crippen LogP contribution in [0.1, 0.15) is 70.8 Å². The fourth-order valence-corrected chi connectivity index (χ4v) is 6.37. The molecule has 2 fully saturated rings. The Hall–Kier alpha value is -2.73. The molecule has 1 aromatic heterocycles. The lowest BCUT2D eigenvalue weighted by molar-refractivity contribution is -0.143. The van der Waals surface area contributed by atoms with Gasteiger partial charge in [0.2, 0.25) is 10.0 Å². The first-order valence-corrected chi connectivity index (χ1v) is 15.3. The number of nitrogens with zero attached hydrogens (tertiary/aromatic N) is 3. The minimum Gasteiger partial charge on any atom is -0.465 e. The molecule has 2 aliphatic carbocycles. The maximum Gasteiger partial charge on any atom is 0.331 e. The maximum absolute atomic E-state index is 15.2. The van der Waals surface area contributed by atoms with Gasteiger partial charge in [0.15, 0.2) is 0 Å². The van der Waals surface area contributed by atoms with Crippen molar-refractivity contribution in [3.05, 3.63) is 38.8 Å². The Morgan fingerprint density at radius 1 is 1.11 bits per heavy atom. The Balaban J connectivity index is 1.75. The van der Waals surface area contributed by atoms with Crippen molar-refractivity contribution in [3.63, 3.8) is 0 Å². The number of sulfonamides is 1. The van der Waals surface area contributed by atoms with Gasteiger partial charge in [-0.25, -0.2) is 17.6 Å². The maximum atomic E-state index is 15.2. The summed E-state index contributed by atoms with van der Waals surface area (Å²) in [5.74, 6) is -1.30. The normalized spacial score (nSPS) is 17.4. The smallest absolute Gasteiger partial charge is 0.331 e. The van der Waals surface area contributed by atoms with Crippen molar-refractivity contribution in [2.75, 3.05) is 31.3 Å². The van der Waals surface area contributed by atoms with E-state index in [1.165, 1.54) is 6.07 Å². The van der Waals surface area contributed by atoms with Crippen LogP contribution in [0.4, 0.5) is 10.1 Å². The highest BCUT2D eigenvalue weighted by atomic mass is 32.2. The molecule has 0 amide bonds. The minimum absolute atomic E-state index is 0.0690. The van der Waals surface area contributed by atoms with Crippen LogP contribution in [-0.2, 0) is 26.1 Å². The summed E-state index contributed by atoms with van der Waals surface area (Å²) in [6.07, 6.45) is 9.53. The molecule has 2 aliphatic rings. The summed E-state index contributed by atoms with van der Waals surface area (Å²) in [5.41, 5.74) is -0.583. The summed E-state index contributed by atoms with van der Waals surface area (Å²) < 4.78 is 48.1. The van der Waals surface area contributed by atoms with Crippen LogP contribution in [0, 0.1) is 5.82 Å². The second-order valence-electron chi connectivity index (χ2n) is 10.3. The zero-order valence-corrected chi connectivity index (χ0v) is 22.9. The van der Waals surface area contributed by atoms with E-state index in [-0.39, 0.29) is 42.9 Å². The van der Waals surface area contributed by atoms with E-state index in [4.69, 9.17) is 4.74 Å². The van der Waals surface area contributed by atoms with Crippen molar-refractivity contribution < 1.29 is 22.3 Å². The number of rotatable bonds is 10. The number of anilines is 1. The summed E-state index contributed by atoms with van der Waals surface area (Å²) in [5, 5.41) is 3.35. The molecular weight excluding hydrogens is 515 g/mol. The van der Waals surface area contributed by atoms with E-state index in [0.717, 1.165) is 72.9 Å². The summed E-state index contributed by atoms with van der Waals surface area (Å²) in [4.78, 5) is 39.1. The predicted octanol–water partition coefficient (Wildman–Crippen LogP) is 2.99. The van der Waals surface area contributed by atoms with E-state index in [0.29, 0.717) is 5.52 Å². The third-order valence-electron chi connectivity index (χ3n) is 7.56. The lowest BCUT2D eigenvalue weighted by Gasteiger charge is -2.25. The van der Waals surface area contributed by atoms with Crippen molar-refractivity contribution in [1.82, 2.24) is 13.4 Å². The van der Waals surface area contributed by atoms with Gasteiger partial charge in [-0.15, -0.1) is 0 Å². The number of benzene rings is 1. The van der Waals surface area contributed by atoms with Crippen LogP contribution >= 0.6 is 0 Å². The van der Waals surface area contributed by atoms with Crippen LogP contribution in [0.15, 0.2) is 21.7 Å². The molecule has 2 aromatic rings. The first-order chi connectivity index (χ1) is 18.1. The molecule has 0 saturated heterocycles. The number of carbonyl (C=O) groups excluding carboxylic acids is 1. The van der Waals surface area contributed by atoms with E-state index in [9.17, 15) is 22.8 Å². The van der Waals surface area contributed by atoms with Crippen LogP contribution in [0.3, 0.4) is 0 Å². The van der Waals surface area contributed by atoms with Crippen molar-refractivity contribution >= 4 is 32.6 Å². The number of aromatic nitrogens is 2. The molecule has 1 N–H and O–H groups in total. The van der Waals surface area contributed by atoms with E-state index in [1.807, 2.05) is 0 Å². The number of hydrogen-bond acceptors (Lipinski definition) is 7. The first kappa shape index (κ1) is 28.3. The second kappa shape index (κ2) is 12.0. The average Bonchev–Trinajstić information content (AvgIpc) is 3.39. The molecule has 0 bridgehead atoms. The molecule has 0 atom stereocenters. The molecule has 1 aromatic carbocycles. The van der Waals surface area contributed by atoms with Crippen molar-refractivity contribution in [3.8, 4) is 0 Å². The van der Waals surface area contributed by atoms with Gasteiger partial charge in [-0.2, -0.15) is 4.31 Å². The minimum atomic E-state index is -3.83. The van der Waals surface area contributed by atoms with Gasteiger partial charge in [-0.1, -0.05) is 32.1 Å². The predicted molar refractivity (Wildman–Crippen MR) is 143 cm³/mol. The third kappa shape index (κ3) is 6.28. The highest BCUT2D eigenvalue weighted by Gasteiger charge is 2.26. The number of fused-ring (bicyclic) bond motifs is 1. The monoisotopic (exact) mass is 552 g/mol. The Kier molecular flexibility index (Phi) is 8.92. The fourth-order valence-electron chi connectivity index (χ4n) is 5.61. The lowest BCUT2D eigenvalue weighted by Crippen LogP contribution is -2.45. The Labute approximate surface area is 221 Å². The highest BCUT2D eigenvalue weighted by molar-refractivity contribution is 7.88. The van der Waals surface area contributed by atoms with Gasteiger partial charge in [0, 0.05) is 25.2 Å². The van der Waals surface area contributed by atoms with E-state index < -0.39 is 39.6 Å². The molecule has 0 radical (unpaired) electrons. The molecule has 38 heavy (non-hydrogen) atoms.